The minimum absolute atomic E-state index is 0.00955. The number of rotatable bonds is 3. The average molecular weight is 297 g/mol. The maximum absolute atomic E-state index is 12.6. The van der Waals surface area contributed by atoms with E-state index in [1.54, 1.807) is 11.9 Å². The van der Waals surface area contributed by atoms with Crippen molar-refractivity contribution in [1.29, 1.82) is 0 Å². The largest absolute Gasteiger partial charge is 0.480 e. The highest BCUT2D eigenvalue weighted by molar-refractivity contribution is 5.86. The third-order valence-electron chi connectivity index (χ3n) is 4.26. The molecule has 2 aliphatic rings. The summed E-state index contributed by atoms with van der Waals surface area (Å²) in [5, 5.41) is 9.05. The fraction of sp³-hybridized carbons (Fsp3) is 0.786. The van der Waals surface area contributed by atoms with E-state index in [0.717, 1.165) is 32.1 Å². The summed E-state index contributed by atoms with van der Waals surface area (Å²) in [6, 6.07) is -0.322. The average Bonchev–Trinajstić information content (AvgIpc) is 2.90. The lowest BCUT2D eigenvalue weighted by atomic mass is 10.2. The van der Waals surface area contributed by atoms with Crippen molar-refractivity contribution in [2.75, 3.05) is 33.2 Å². The quantitative estimate of drug-likeness (QED) is 0.827. The molecule has 118 valence electrons. The Labute approximate surface area is 124 Å². The second-order valence-electron chi connectivity index (χ2n) is 5.83. The smallest absolute Gasteiger partial charge is 0.323 e. The monoisotopic (exact) mass is 297 g/mol. The number of amides is 3. The second kappa shape index (κ2) is 6.78. The molecular formula is C14H23N3O4. The third-order valence-corrected chi connectivity index (χ3v) is 4.26. The van der Waals surface area contributed by atoms with Crippen LogP contribution in [0.5, 0.6) is 0 Å². The molecule has 1 N–H and O–H groups in total. The van der Waals surface area contributed by atoms with E-state index in [2.05, 4.69) is 0 Å². The maximum Gasteiger partial charge on any atom is 0.323 e. The van der Waals surface area contributed by atoms with Crippen LogP contribution in [-0.2, 0) is 9.59 Å². The molecule has 1 saturated carbocycles. The Morgan fingerprint density at radius 1 is 1.24 bits per heavy atom. The molecule has 0 spiro atoms. The molecule has 2 rings (SSSR count). The van der Waals surface area contributed by atoms with Gasteiger partial charge in [0.2, 0.25) is 5.91 Å². The van der Waals surface area contributed by atoms with Gasteiger partial charge in [0.1, 0.15) is 13.1 Å². The Hall–Kier alpha value is -1.79. The van der Waals surface area contributed by atoms with Crippen molar-refractivity contribution in [2.45, 2.75) is 38.1 Å². The molecule has 1 aliphatic heterocycles. The summed E-state index contributed by atoms with van der Waals surface area (Å²) in [5.74, 6) is -1.10. The summed E-state index contributed by atoms with van der Waals surface area (Å²) in [5.41, 5.74) is 0. The van der Waals surface area contributed by atoms with Gasteiger partial charge in [-0.2, -0.15) is 0 Å². The molecule has 7 heteroatoms. The van der Waals surface area contributed by atoms with Crippen LogP contribution in [-0.4, -0.2) is 77.0 Å². The van der Waals surface area contributed by atoms with Crippen LogP contribution in [0.15, 0.2) is 0 Å². The van der Waals surface area contributed by atoms with Gasteiger partial charge >= 0.3 is 12.0 Å². The summed E-state index contributed by atoms with van der Waals surface area (Å²) in [4.78, 5) is 40.1. The molecule has 0 unspecified atom stereocenters. The molecule has 0 aromatic carbocycles. The van der Waals surface area contributed by atoms with Gasteiger partial charge < -0.3 is 19.8 Å². The van der Waals surface area contributed by atoms with Crippen LogP contribution in [0.4, 0.5) is 4.79 Å². The van der Waals surface area contributed by atoms with Crippen molar-refractivity contribution in [3.63, 3.8) is 0 Å². The summed E-state index contributed by atoms with van der Waals surface area (Å²) in [6.45, 7) is 0.880. The van der Waals surface area contributed by atoms with Crippen LogP contribution in [0, 0.1) is 0 Å². The van der Waals surface area contributed by atoms with E-state index in [1.807, 2.05) is 0 Å². The lowest BCUT2D eigenvalue weighted by molar-refractivity contribution is -0.138. The Kier molecular flexibility index (Phi) is 5.03. The van der Waals surface area contributed by atoms with Crippen molar-refractivity contribution in [2.24, 2.45) is 0 Å². The SMILES string of the molecule is CN1CCCN(C(=O)N(CC(=O)O)C2CCCC2)CC1=O. The van der Waals surface area contributed by atoms with Gasteiger partial charge in [-0.1, -0.05) is 12.8 Å². The summed E-state index contributed by atoms with van der Waals surface area (Å²) >= 11 is 0. The zero-order valence-electron chi connectivity index (χ0n) is 12.5. The van der Waals surface area contributed by atoms with Gasteiger partial charge in [0.05, 0.1) is 0 Å². The Balaban J connectivity index is 2.08. The minimum Gasteiger partial charge on any atom is -0.480 e. The van der Waals surface area contributed by atoms with E-state index in [0.29, 0.717) is 13.1 Å². The molecule has 0 bridgehead atoms. The van der Waals surface area contributed by atoms with Gasteiger partial charge in [0.15, 0.2) is 0 Å². The molecule has 21 heavy (non-hydrogen) atoms. The second-order valence-corrected chi connectivity index (χ2v) is 5.83. The molecule has 2 fully saturated rings. The maximum atomic E-state index is 12.6. The first-order valence-electron chi connectivity index (χ1n) is 7.50. The molecule has 7 nitrogen and oxygen atoms in total. The Bertz CT molecular complexity index is 420. The summed E-state index contributed by atoms with van der Waals surface area (Å²) in [7, 11) is 1.72. The number of aliphatic carboxylic acids is 1. The van der Waals surface area contributed by atoms with Crippen molar-refractivity contribution in [3.05, 3.63) is 0 Å². The number of hydrogen-bond donors (Lipinski definition) is 1. The van der Waals surface area contributed by atoms with Crippen molar-refractivity contribution in [1.82, 2.24) is 14.7 Å². The first kappa shape index (κ1) is 15.6. The fourth-order valence-corrected chi connectivity index (χ4v) is 3.05. The topological polar surface area (TPSA) is 81.2 Å². The standard InChI is InChI=1S/C14H23N3O4/c1-15-7-4-8-16(9-12(15)18)14(21)17(10-13(19)20)11-5-2-3-6-11/h11H,2-10H2,1H3,(H,19,20). The lowest BCUT2D eigenvalue weighted by Crippen LogP contribution is -2.51. The van der Waals surface area contributed by atoms with Gasteiger partial charge in [0.25, 0.3) is 0 Å². The third kappa shape index (κ3) is 3.86. The van der Waals surface area contributed by atoms with Gasteiger partial charge in [-0.05, 0) is 19.3 Å². The highest BCUT2D eigenvalue weighted by atomic mass is 16.4. The Morgan fingerprint density at radius 3 is 2.52 bits per heavy atom. The lowest BCUT2D eigenvalue weighted by Gasteiger charge is -2.32. The van der Waals surface area contributed by atoms with E-state index in [4.69, 9.17) is 5.11 Å². The van der Waals surface area contributed by atoms with Crippen LogP contribution in [0.1, 0.15) is 32.1 Å². The van der Waals surface area contributed by atoms with E-state index < -0.39 is 5.97 Å². The first-order chi connectivity index (χ1) is 9.99. The van der Waals surface area contributed by atoms with Gasteiger partial charge in [-0.25, -0.2) is 4.79 Å². The number of carboxylic acids is 1. The molecule has 1 saturated heterocycles. The number of hydrogen-bond acceptors (Lipinski definition) is 3. The molecule has 3 amide bonds. The van der Waals surface area contributed by atoms with Crippen LogP contribution in [0.3, 0.4) is 0 Å². The van der Waals surface area contributed by atoms with Gasteiger partial charge in [-0.15, -0.1) is 0 Å². The van der Waals surface area contributed by atoms with Crippen molar-refractivity contribution in [3.8, 4) is 0 Å². The zero-order chi connectivity index (χ0) is 15.4. The normalized spacial score (nSPS) is 20.5. The first-order valence-corrected chi connectivity index (χ1v) is 7.50. The van der Waals surface area contributed by atoms with E-state index >= 15 is 0 Å². The van der Waals surface area contributed by atoms with Crippen molar-refractivity contribution < 1.29 is 19.5 Å². The number of carboxylic acid groups (broad SMARTS) is 1. The van der Waals surface area contributed by atoms with E-state index in [9.17, 15) is 14.4 Å². The number of likely N-dealkylation sites (N-methyl/N-ethyl adjacent to an activating group) is 1. The minimum atomic E-state index is -1.01. The number of carbonyl (C=O) groups excluding carboxylic acids is 2. The van der Waals surface area contributed by atoms with Crippen molar-refractivity contribution >= 4 is 17.9 Å². The molecule has 1 heterocycles. The van der Waals surface area contributed by atoms with Gasteiger partial charge in [0, 0.05) is 26.2 Å². The Morgan fingerprint density at radius 2 is 1.90 bits per heavy atom. The fourth-order valence-electron chi connectivity index (χ4n) is 3.05. The highest BCUT2D eigenvalue weighted by Gasteiger charge is 2.33. The number of carbonyl (C=O) groups is 3. The van der Waals surface area contributed by atoms with Crippen LogP contribution < -0.4 is 0 Å². The van der Waals surface area contributed by atoms with E-state index in [-0.39, 0.29) is 31.1 Å². The number of nitrogens with zero attached hydrogens (tertiary/aromatic N) is 3. The predicted molar refractivity (Wildman–Crippen MR) is 75.8 cm³/mol. The molecule has 0 radical (unpaired) electrons. The molecule has 0 atom stereocenters. The molecular weight excluding hydrogens is 274 g/mol. The zero-order valence-corrected chi connectivity index (χ0v) is 12.5. The molecule has 0 aromatic rings. The van der Waals surface area contributed by atoms with Gasteiger partial charge in [-0.3, -0.25) is 9.59 Å². The predicted octanol–water partition coefficient (Wildman–Crippen LogP) is 0.600. The van der Waals surface area contributed by atoms with Crippen LogP contribution in [0.25, 0.3) is 0 Å². The summed E-state index contributed by atoms with van der Waals surface area (Å²) in [6.07, 6.45) is 4.46. The van der Waals surface area contributed by atoms with Crippen LogP contribution in [0.2, 0.25) is 0 Å². The van der Waals surface area contributed by atoms with Crippen LogP contribution >= 0.6 is 0 Å². The summed E-state index contributed by atoms with van der Waals surface area (Å²) < 4.78 is 0. The molecule has 0 aromatic heterocycles. The number of urea groups is 1. The van der Waals surface area contributed by atoms with E-state index in [1.165, 1.54) is 9.80 Å². The highest BCUT2D eigenvalue weighted by Crippen LogP contribution is 2.24. The molecule has 1 aliphatic carbocycles.